The minimum absolute atomic E-state index is 0.103. The van der Waals surface area contributed by atoms with Crippen molar-refractivity contribution in [3.8, 4) is 0 Å². The summed E-state index contributed by atoms with van der Waals surface area (Å²) in [4.78, 5) is 11.6. The van der Waals surface area contributed by atoms with Crippen LogP contribution in [-0.2, 0) is 16.1 Å². The van der Waals surface area contributed by atoms with Crippen LogP contribution in [0.2, 0.25) is 0 Å². The number of fused-ring (bicyclic) bond motifs is 3. The van der Waals surface area contributed by atoms with E-state index in [0.29, 0.717) is 24.1 Å². The molecule has 1 aromatic carbocycles. The number of benzene rings is 1. The van der Waals surface area contributed by atoms with Gasteiger partial charge in [0.25, 0.3) is 0 Å². The van der Waals surface area contributed by atoms with E-state index in [-0.39, 0.29) is 11.9 Å². The highest BCUT2D eigenvalue weighted by atomic mass is 19.2. The van der Waals surface area contributed by atoms with Crippen LogP contribution in [0.3, 0.4) is 0 Å². The summed E-state index contributed by atoms with van der Waals surface area (Å²) >= 11 is 0. The maximum Gasteiger partial charge on any atom is 0.326 e. The lowest BCUT2D eigenvalue weighted by Gasteiger charge is -2.24. The molecule has 1 N–H and O–H groups in total. The van der Waals surface area contributed by atoms with Gasteiger partial charge in [-0.3, -0.25) is 10.1 Å². The fourth-order valence-electron chi connectivity index (χ4n) is 2.65. The molecule has 3 rings (SSSR count). The van der Waals surface area contributed by atoms with Crippen LogP contribution < -0.4 is 5.32 Å². The third-order valence-electron chi connectivity index (χ3n) is 3.66. The molecule has 2 aliphatic rings. The van der Waals surface area contributed by atoms with Crippen LogP contribution in [0.4, 0.5) is 8.78 Å². The third-order valence-corrected chi connectivity index (χ3v) is 3.66. The van der Waals surface area contributed by atoms with Gasteiger partial charge in [-0.15, -0.1) is 0 Å². The van der Waals surface area contributed by atoms with Crippen LogP contribution in [0, 0.1) is 11.6 Å². The molecule has 2 atom stereocenters. The van der Waals surface area contributed by atoms with E-state index in [2.05, 4.69) is 5.32 Å². The van der Waals surface area contributed by atoms with Crippen LogP contribution in [0.15, 0.2) is 12.1 Å². The van der Waals surface area contributed by atoms with Gasteiger partial charge in [0.05, 0.1) is 7.11 Å². The summed E-state index contributed by atoms with van der Waals surface area (Å²) < 4.78 is 31.0. The zero-order valence-electron chi connectivity index (χ0n) is 9.22. The molecule has 0 bridgehead atoms. The smallest absolute Gasteiger partial charge is 0.326 e. The molecule has 0 spiro atoms. The van der Waals surface area contributed by atoms with Crippen molar-refractivity contribution in [2.24, 2.45) is 0 Å². The van der Waals surface area contributed by atoms with Gasteiger partial charge >= 0.3 is 5.97 Å². The van der Waals surface area contributed by atoms with Crippen LogP contribution in [-0.4, -0.2) is 18.6 Å². The molecule has 3 nitrogen and oxygen atoms in total. The van der Waals surface area contributed by atoms with E-state index in [1.807, 2.05) is 0 Å². The molecular weight excluding hydrogens is 228 g/mol. The van der Waals surface area contributed by atoms with E-state index in [1.54, 1.807) is 0 Å². The number of hydrogen-bond donors (Lipinski definition) is 1. The molecular formula is C12H11F2NO2. The molecule has 1 fully saturated rings. The zero-order chi connectivity index (χ0) is 12.2. The first kappa shape index (κ1) is 10.7. The van der Waals surface area contributed by atoms with Crippen molar-refractivity contribution in [2.45, 2.75) is 24.4 Å². The largest absolute Gasteiger partial charge is 0.468 e. The summed E-state index contributed by atoms with van der Waals surface area (Å²) in [5.41, 5.74) is 0.713. The highest BCUT2D eigenvalue weighted by Crippen LogP contribution is 2.55. The topological polar surface area (TPSA) is 38.3 Å². The average Bonchev–Trinajstić information content (AvgIpc) is 3.06. The third kappa shape index (κ3) is 1.32. The fourth-order valence-corrected chi connectivity index (χ4v) is 2.65. The summed E-state index contributed by atoms with van der Waals surface area (Å²) in [5.74, 6) is -2.15. The molecule has 5 heteroatoms. The Morgan fingerprint density at radius 1 is 1.47 bits per heavy atom. The maximum atomic E-state index is 13.2. The Labute approximate surface area is 96.8 Å². The molecule has 0 unspecified atom stereocenters. The zero-order valence-corrected chi connectivity index (χ0v) is 9.22. The first-order valence-electron chi connectivity index (χ1n) is 5.40. The minimum Gasteiger partial charge on any atom is -0.468 e. The summed E-state index contributed by atoms with van der Waals surface area (Å²) in [6.45, 7) is 0.359. The van der Waals surface area contributed by atoms with Crippen LogP contribution in [0.25, 0.3) is 0 Å². The van der Waals surface area contributed by atoms with Gasteiger partial charge in [0.2, 0.25) is 0 Å². The van der Waals surface area contributed by atoms with E-state index in [9.17, 15) is 13.6 Å². The summed E-state index contributed by atoms with van der Waals surface area (Å²) in [7, 11) is 1.33. The molecule has 0 saturated heterocycles. The van der Waals surface area contributed by atoms with E-state index < -0.39 is 17.2 Å². The summed E-state index contributed by atoms with van der Waals surface area (Å²) in [5, 5.41) is 3.06. The molecule has 17 heavy (non-hydrogen) atoms. The average molecular weight is 239 g/mol. The Hall–Kier alpha value is -1.49. The fraction of sp³-hybridized carbons (Fsp3) is 0.417. The van der Waals surface area contributed by atoms with Gasteiger partial charge in [-0.1, -0.05) is 0 Å². The lowest BCUT2D eigenvalue weighted by atomic mass is 9.95. The van der Waals surface area contributed by atoms with E-state index >= 15 is 0 Å². The van der Waals surface area contributed by atoms with Crippen molar-refractivity contribution in [3.63, 3.8) is 0 Å². The number of nitrogens with one attached hydrogen (secondary N) is 1. The Morgan fingerprint density at radius 2 is 2.18 bits per heavy atom. The van der Waals surface area contributed by atoms with Gasteiger partial charge in [-0.05, 0) is 29.7 Å². The van der Waals surface area contributed by atoms with E-state index in [0.717, 1.165) is 0 Å². The predicted molar refractivity (Wildman–Crippen MR) is 55.3 cm³/mol. The lowest BCUT2D eigenvalue weighted by Crippen LogP contribution is -2.43. The number of rotatable bonds is 1. The van der Waals surface area contributed by atoms with Gasteiger partial charge in [-0.25, -0.2) is 8.78 Å². The number of methoxy groups -OCH3 is 1. The normalized spacial score (nSPS) is 29.2. The SMILES string of the molecule is COC(=O)[C@]12C[C@H]1c1cc(F)c(F)cc1CN2. The summed E-state index contributed by atoms with van der Waals surface area (Å²) in [6.07, 6.45) is 0.581. The number of ether oxygens (including phenoxy) is 1. The second-order valence-electron chi connectivity index (χ2n) is 4.54. The Morgan fingerprint density at radius 3 is 2.88 bits per heavy atom. The Balaban J connectivity index is 2.02. The van der Waals surface area contributed by atoms with Crippen molar-refractivity contribution < 1.29 is 18.3 Å². The van der Waals surface area contributed by atoms with Crippen LogP contribution in [0.5, 0.6) is 0 Å². The van der Waals surface area contributed by atoms with Gasteiger partial charge in [0, 0.05) is 12.5 Å². The first-order valence-corrected chi connectivity index (χ1v) is 5.40. The number of carbonyl (C=O) groups is 1. The molecule has 0 amide bonds. The van der Waals surface area contributed by atoms with Crippen molar-refractivity contribution in [3.05, 3.63) is 34.9 Å². The molecule has 1 aliphatic carbocycles. The first-order chi connectivity index (χ1) is 8.08. The Kier molecular flexibility index (Phi) is 2.04. The van der Waals surface area contributed by atoms with Gasteiger partial charge < -0.3 is 4.74 Å². The van der Waals surface area contributed by atoms with Gasteiger partial charge in [-0.2, -0.15) is 0 Å². The summed E-state index contributed by atoms with van der Waals surface area (Å²) in [6, 6.07) is 2.39. The van der Waals surface area contributed by atoms with E-state index in [4.69, 9.17) is 4.74 Å². The standard InChI is InChI=1S/C12H11F2NO2/c1-17-11(16)12-4-8(12)7-3-10(14)9(13)2-6(7)5-15-12/h2-3,8,15H,4-5H2,1H3/t8-,12-/m0/s1. The lowest BCUT2D eigenvalue weighted by molar-refractivity contribution is -0.144. The molecule has 1 saturated carbocycles. The Bertz CT molecular complexity index is 517. The number of halogens is 2. The molecule has 0 radical (unpaired) electrons. The second-order valence-corrected chi connectivity index (χ2v) is 4.54. The van der Waals surface area contributed by atoms with Crippen molar-refractivity contribution >= 4 is 5.97 Å². The number of carbonyl (C=O) groups excluding carboxylic acids is 1. The van der Waals surface area contributed by atoms with Crippen molar-refractivity contribution in [1.82, 2.24) is 5.32 Å². The van der Waals surface area contributed by atoms with Crippen LogP contribution >= 0.6 is 0 Å². The second kappa shape index (κ2) is 3.26. The van der Waals surface area contributed by atoms with Crippen molar-refractivity contribution in [1.29, 1.82) is 0 Å². The molecule has 1 aromatic rings. The maximum absolute atomic E-state index is 13.2. The molecule has 0 aromatic heterocycles. The number of esters is 1. The van der Waals surface area contributed by atoms with Crippen molar-refractivity contribution in [2.75, 3.05) is 7.11 Å². The van der Waals surface area contributed by atoms with E-state index in [1.165, 1.54) is 19.2 Å². The highest BCUT2D eigenvalue weighted by molar-refractivity contribution is 5.87. The molecule has 1 aliphatic heterocycles. The quantitative estimate of drug-likeness (QED) is 0.754. The molecule has 90 valence electrons. The highest BCUT2D eigenvalue weighted by Gasteiger charge is 2.63. The van der Waals surface area contributed by atoms with Crippen LogP contribution in [0.1, 0.15) is 23.5 Å². The van der Waals surface area contributed by atoms with Gasteiger partial charge in [0.1, 0.15) is 5.54 Å². The van der Waals surface area contributed by atoms with Gasteiger partial charge in [0.15, 0.2) is 11.6 Å². The minimum atomic E-state index is -0.865. The monoisotopic (exact) mass is 239 g/mol. The number of hydrogen-bond acceptors (Lipinski definition) is 3. The predicted octanol–water partition coefficient (Wildman–Crippen LogP) is 1.47. The molecule has 1 heterocycles.